The molecule has 102 valence electrons. The summed E-state index contributed by atoms with van der Waals surface area (Å²) in [6.45, 7) is 0. The van der Waals surface area contributed by atoms with E-state index in [4.69, 9.17) is 5.26 Å². The maximum Gasteiger partial charge on any atom is 0.263 e. The molecule has 1 N–H and O–H groups in total. The molecular weight excluding hydrogens is 349 g/mol. The summed E-state index contributed by atoms with van der Waals surface area (Å²) in [4.78, 5) is 3.69. The Labute approximate surface area is 123 Å². The maximum absolute atomic E-state index is 13.0. The van der Waals surface area contributed by atoms with Crippen LogP contribution in [0.1, 0.15) is 5.56 Å². The van der Waals surface area contributed by atoms with Gasteiger partial charge in [0.1, 0.15) is 16.8 Å². The number of aromatic nitrogens is 1. The molecule has 0 saturated heterocycles. The number of nitrogens with one attached hydrogen (secondary N) is 1. The molecule has 0 amide bonds. The Bertz CT molecular complexity index is 803. The van der Waals surface area contributed by atoms with E-state index in [0.717, 1.165) is 12.1 Å². The highest BCUT2D eigenvalue weighted by molar-refractivity contribution is 9.10. The van der Waals surface area contributed by atoms with Gasteiger partial charge in [0, 0.05) is 16.9 Å². The standard InChI is InChI=1S/C12H7BrFN3O2S/c13-9-4-11(7-16-6-9)20(18,19)17-12-2-1-10(14)3-8(12)5-15/h1-4,6-7,17H. The van der Waals surface area contributed by atoms with E-state index in [1.807, 2.05) is 0 Å². The van der Waals surface area contributed by atoms with E-state index in [1.165, 1.54) is 24.5 Å². The summed E-state index contributed by atoms with van der Waals surface area (Å²) in [6, 6.07) is 6.31. The van der Waals surface area contributed by atoms with Gasteiger partial charge < -0.3 is 0 Å². The van der Waals surface area contributed by atoms with Crippen LogP contribution in [0.5, 0.6) is 0 Å². The first kappa shape index (κ1) is 14.4. The van der Waals surface area contributed by atoms with Crippen molar-refractivity contribution in [3.05, 3.63) is 52.5 Å². The van der Waals surface area contributed by atoms with Crippen LogP contribution in [-0.4, -0.2) is 13.4 Å². The highest BCUT2D eigenvalue weighted by Crippen LogP contribution is 2.21. The van der Waals surface area contributed by atoms with E-state index < -0.39 is 15.8 Å². The highest BCUT2D eigenvalue weighted by atomic mass is 79.9. The number of hydrogen-bond acceptors (Lipinski definition) is 4. The van der Waals surface area contributed by atoms with Crippen molar-refractivity contribution in [2.45, 2.75) is 4.90 Å². The molecule has 0 fully saturated rings. The molecule has 1 aromatic carbocycles. The first-order valence-electron chi connectivity index (χ1n) is 5.25. The van der Waals surface area contributed by atoms with Crippen molar-refractivity contribution in [1.29, 1.82) is 5.26 Å². The summed E-state index contributed by atoms with van der Waals surface area (Å²) < 4.78 is 40.0. The van der Waals surface area contributed by atoms with Gasteiger partial charge in [-0.25, -0.2) is 12.8 Å². The molecule has 0 aliphatic rings. The van der Waals surface area contributed by atoms with Gasteiger partial charge in [0.25, 0.3) is 10.0 Å². The zero-order valence-corrected chi connectivity index (χ0v) is 12.2. The molecule has 0 unspecified atom stereocenters. The maximum atomic E-state index is 13.0. The zero-order valence-electron chi connectivity index (χ0n) is 9.84. The third kappa shape index (κ3) is 3.12. The lowest BCUT2D eigenvalue weighted by molar-refractivity contribution is 0.600. The molecule has 0 saturated carbocycles. The molecule has 0 spiro atoms. The van der Waals surface area contributed by atoms with E-state index in [2.05, 4.69) is 25.6 Å². The number of anilines is 1. The molecule has 0 radical (unpaired) electrons. The fourth-order valence-corrected chi connectivity index (χ4v) is 3.02. The lowest BCUT2D eigenvalue weighted by Gasteiger charge is -2.09. The van der Waals surface area contributed by atoms with Crippen LogP contribution in [0.2, 0.25) is 0 Å². The first-order valence-corrected chi connectivity index (χ1v) is 7.53. The number of sulfonamides is 1. The van der Waals surface area contributed by atoms with Crippen LogP contribution in [0.25, 0.3) is 0 Å². The Hall–Kier alpha value is -1.98. The molecule has 0 atom stereocenters. The third-order valence-corrected chi connectivity index (χ3v) is 4.10. The molecule has 5 nitrogen and oxygen atoms in total. The van der Waals surface area contributed by atoms with Gasteiger partial charge in [-0.3, -0.25) is 9.71 Å². The molecule has 0 aliphatic carbocycles. The van der Waals surface area contributed by atoms with Gasteiger partial charge in [-0.15, -0.1) is 0 Å². The minimum Gasteiger partial charge on any atom is -0.278 e. The normalized spacial score (nSPS) is 10.8. The highest BCUT2D eigenvalue weighted by Gasteiger charge is 2.17. The van der Waals surface area contributed by atoms with Crippen molar-refractivity contribution in [3.8, 4) is 6.07 Å². The van der Waals surface area contributed by atoms with Crippen LogP contribution in [-0.2, 0) is 10.0 Å². The quantitative estimate of drug-likeness (QED) is 0.917. The second kappa shape index (κ2) is 5.56. The van der Waals surface area contributed by atoms with Crippen molar-refractivity contribution < 1.29 is 12.8 Å². The average molecular weight is 356 g/mol. The van der Waals surface area contributed by atoms with Crippen molar-refractivity contribution in [3.63, 3.8) is 0 Å². The van der Waals surface area contributed by atoms with Crippen LogP contribution in [0.4, 0.5) is 10.1 Å². The largest absolute Gasteiger partial charge is 0.278 e. The lowest BCUT2D eigenvalue weighted by Crippen LogP contribution is -2.14. The van der Waals surface area contributed by atoms with Gasteiger partial charge in [0.15, 0.2) is 0 Å². The van der Waals surface area contributed by atoms with Crippen molar-refractivity contribution in [2.24, 2.45) is 0 Å². The third-order valence-electron chi connectivity index (χ3n) is 2.34. The fraction of sp³-hybridized carbons (Fsp3) is 0. The van der Waals surface area contributed by atoms with Gasteiger partial charge in [-0.2, -0.15) is 5.26 Å². The number of benzene rings is 1. The van der Waals surface area contributed by atoms with Gasteiger partial charge in [0.05, 0.1) is 11.3 Å². The van der Waals surface area contributed by atoms with Crippen LogP contribution in [0, 0.1) is 17.1 Å². The molecule has 2 rings (SSSR count). The zero-order chi connectivity index (χ0) is 14.8. The van der Waals surface area contributed by atoms with E-state index >= 15 is 0 Å². The van der Waals surface area contributed by atoms with Gasteiger partial charge in [0.2, 0.25) is 0 Å². The fourth-order valence-electron chi connectivity index (χ4n) is 1.44. The SMILES string of the molecule is N#Cc1cc(F)ccc1NS(=O)(=O)c1cncc(Br)c1. The van der Waals surface area contributed by atoms with Crippen molar-refractivity contribution in [2.75, 3.05) is 4.72 Å². The topological polar surface area (TPSA) is 82.9 Å². The van der Waals surface area contributed by atoms with Crippen LogP contribution in [0.3, 0.4) is 0 Å². The molecule has 1 aromatic heterocycles. The van der Waals surface area contributed by atoms with E-state index in [-0.39, 0.29) is 16.1 Å². The summed E-state index contributed by atoms with van der Waals surface area (Å²) in [5.41, 5.74) is -0.0922. The monoisotopic (exact) mass is 355 g/mol. The van der Waals surface area contributed by atoms with Crippen LogP contribution >= 0.6 is 15.9 Å². The van der Waals surface area contributed by atoms with Crippen molar-refractivity contribution in [1.82, 2.24) is 4.98 Å². The van der Waals surface area contributed by atoms with Gasteiger partial charge in [-0.05, 0) is 40.2 Å². The molecule has 1 heterocycles. The number of nitriles is 1. The summed E-state index contributed by atoms with van der Waals surface area (Å²) in [5, 5.41) is 8.88. The Balaban J connectivity index is 2.42. The summed E-state index contributed by atoms with van der Waals surface area (Å²) in [5.74, 6) is -0.617. The van der Waals surface area contributed by atoms with Crippen LogP contribution < -0.4 is 4.72 Å². The number of nitrogens with zero attached hydrogens (tertiary/aromatic N) is 2. The van der Waals surface area contributed by atoms with E-state index in [9.17, 15) is 12.8 Å². The van der Waals surface area contributed by atoms with Crippen LogP contribution in [0.15, 0.2) is 46.0 Å². The lowest BCUT2D eigenvalue weighted by atomic mass is 10.2. The molecule has 0 aliphatic heterocycles. The molecule has 0 bridgehead atoms. The Morgan fingerprint density at radius 1 is 1.30 bits per heavy atom. The molecular formula is C12H7BrFN3O2S. The Morgan fingerprint density at radius 3 is 2.70 bits per heavy atom. The smallest absolute Gasteiger partial charge is 0.263 e. The molecule has 20 heavy (non-hydrogen) atoms. The summed E-state index contributed by atoms with van der Waals surface area (Å²) in [7, 11) is -3.90. The number of hydrogen-bond donors (Lipinski definition) is 1. The minimum atomic E-state index is -3.90. The first-order chi connectivity index (χ1) is 9.42. The number of pyridine rings is 1. The molecule has 2 aromatic rings. The van der Waals surface area contributed by atoms with E-state index in [0.29, 0.717) is 4.47 Å². The summed E-state index contributed by atoms with van der Waals surface area (Å²) in [6.07, 6.45) is 2.61. The van der Waals surface area contributed by atoms with Gasteiger partial charge >= 0.3 is 0 Å². The number of rotatable bonds is 3. The Morgan fingerprint density at radius 2 is 2.05 bits per heavy atom. The molecule has 8 heteroatoms. The van der Waals surface area contributed by atoms with E-state index in [1.54, 1.807) is 6.07 Å². The van der Waals surface area contributed by atoms with Crippen molar-refractivity contribution >= 4 is 31.6 Å². The second-order valence-electron chi connectivity index (χ2n) is 3.75. The predicted octanol–water partition coefficient (Wildman–Crippen LogP) is 2.66. The Kier molecular flexibility index (Phi) is 4.01. The summed E-state index contributed by atoms with van der Waals surface area (Å²) >= 11 is 3.12. The number of halogens is 2. The minimum absolute atomic E-state index is 0.00822. The van der Waals surface area contributed by atoms with Gasteiger partial charge in [-0.1, -0.05) is 0 Å². The second-order valence-corrected chi connectivity index (χ2v) is 6.34. The predicted molar refractivity (Wildman–Crippen MR) is 73.9 cm³/mol. The average Bonchev–Trinajstić information content (AvgIpc) is 2.40.